The molecule has 22 heavy (non-hydrogen) atoms. The van der Waals surface area contributed by atoms with Crippen LogP contribution in [0.1, 0.15) is 29.7 Å². The minimum Gasteiger partial charge on any atom is -0.295 e. The van der Waals surface area contributed by atoms with Crippen molar-refractivity contribution in [3.63, 3.8) is 0 Å². The standard InChI is InChI=1S/C16H19N5S/c1-4-14-18-15(20-19-14)10-22-16-17-7-8-21(16)13-6-5-11(2)12(3)9-13/h5-9H,4,10H2,1-3H3,(H,18,19,20). The first-order valence-corrected chi connectivity index (χ1v) is 8.30. The topological polar surface area (TPSA) is 59.4 Å². The highest BCUT2D eigenvalue weighted by Gasteiger charge is 2.09. The number of aromatic nitrogens is 5. The second kappa shape index (κ2) is 6.36. The largest absolute Gasteiger partial charge is 0.295 e. The number of nitrogens with one attached hydrogen (secondary N) is 1. The van der Waals surface area contributed by atoms with Crippen molar-refractivity contribution in [2.45, 2.75) is 38.1 Å². The third-order valence-electron chi connectivity index (χ3n) is 3.61. The summed E-state index contributed by atoms with van der Waals surface area (Å²) < 4.78 is 2.11. The Morgan fingerprint density at radius 2 is 2.09 bits per heavy atom. The maximum atomic E-state index is 4.45. The Morgan fingerprint density at radius 3 is 2.82 bits per heavy atom. The quantitative estimate of drug-likeness (QED) is 0.733. The van der Waals surface area contributed by atoms with Gasteiger partial charge >= 0.3 is 0 Å². The predicted octanol–water partition coefficient (Wildman–Crippen LogP) is 3.46. The van der Waals surface area contributed by atoms with Crippen LogP contribution in [0.2, 0.25) is 0 Å². The fraction of sp³-hybridized carbons (Fsp3) is 0.312. The van der Waals surface area contributed by atoms with Crippen LogP contribution >= 0.6 is 11.8 Å². The van der Waals surface area contributed by atoms with Crippen LogP contribution in [0.25, 0.3) is 5.69 Å². The molecule has 0 radical (unpaired) electrons. The minimum absolute atomic E-state index is 0.731. The normalized spacial score (nSPS) is 11.0. The van der Waals surface area contributed by atoms with E-state index in [0.717, 1.165) is 34.7 Å². The van der Waals surface area contributed by atoms with Crippen LogP contribution in [-0.2, 0) is 12.2 Å². The van der Waals surface area contributed by atoms with E-state index in [2.05, 4.69) is 56.8 Å². The number of hydrogen-bond acceptors (Lipinski definition) is 4. The third-order valence-corrected chi connectivity index (χ3v) is 4.59. The van der Waals surface area contributed by atoms with Crippen LogP contribution in [0.15, 0.2) is 35.7 Å². The molecule has 1 aromatic carbocycles. The van der Waals surface area contributed by atoms with Gasteiger partial charge in [-0.1, -0.05) is 24.8 Å². The van der Waals surface area contributed by atoms with Crippen molar-refractivity contribution >= 4 is 11.8 Å². The van der Waals surface area contributed by atoms with E-state index < -0.39 is 0 Å². The maximum Gasteiger partial charge on any atom is 0.173 e. The summed E-state index contributed by atoms with van der Waals surface area (Å²) in [7, 11) is 0. The van der Waals surface area contributed by atoms with Gasteiger partial charge in [0.1, 0.15) is 11.6 Å². The molecule has 0 atom stereocenters. The summed E-state index contributed by atoms with van der Waals surface area (Å²) in [5.74, 6) is 2.47. The summed E-state index contributed by atoms with van der Waals surface area (Å²) in [6.07, 6.45) is 4.66. The number of nitrogens with zero attached hydrogens (tertiary/aromatic N) is 4. The number of rotatable bonds is 5. The molecule has 5 nitrogen and oxygen atoms in total. The summed E-state index contributed by atoms with van der Waals surface area (Å²) in [5.41, 5.74) is 3.71. The Balaban J connectivity index is 1.78. The van der Waals surface area contributed by atoms with E-state index in [1.54, 1.807) is 11.8 Å². The lowest BCUT2D eigenvalue weighted by Gasteiger charge is -2.09. The average molecular weight is 313 g/mol. The van der Waals surface area contributed by atoms with E-state index in [-0.39, 0.29) is 0 Å². The zero-order valence-electron chi connectivity index (χ0n) is 13.0. The highest BCUT2D eigenvalue weighted by molar-refractivity contribution is 7.98. The second-order valence-corrected chi connectivity index (χ2v) is 6.13. The molecule has 0 aliphatic heterocycles. The molecule has 6 heteroatoms. The summed E-state index contributed by atoms with van der Waals surface area (Å²) in [6.45, 7) is 6.30. The molecule has 0 unspecified atom stereocenters. The zero-order chi connectivity index (χ0) is 15.5. The number of aryl methyl sites for hydroxylation is 3. The van der Waals surface area contributed by atoms with Gasteiger partial charge in [0.05, 0.1) is 5.75 Å². The van der Waals surface area contributed by atoms with Crippen LogP contribution in [0, 0.1) is 13.8 Å². The Bertz CT molecular complexity index is 774. The number of benzene rings is 1. The predicted molar refractivity (Wildman–Crippen MR) is 88.4 cm³/mol. The third kappa shape index (κ3) is 3.06. The van der Waals surface area contributed by atoms with Crippen LogP contribution in [0.5, 0.6) is 0 Å². The van der Waals surface area contributed by atoms with Crippen LogP contribution < -0.4 is 0 Å². The number of hydrogen-bond donors (Lipinski definition) is 1. The van der Waals surface area contributed by atoms with E-state index in [1.165, 1.54) is 11.1 Å². The van der Waals surface area contributed by atoms with Crippen molar-refractivity contribution in [3.8, 4) is 5.69 Å². The van der Waals surface area contributed by atoms with Crippen LogP contribution in [0.4, 0.5) is 0 Å². The molecule has 0 aliphatic carbocycles. The molecular formula is C16H19N5S. The summed E-state index contributed by atoms with van der Waals surface area (Å²) in [5, 5.41) is 8.09. The van der Waals surface area contributed by atoms with Gasteiger partial charge in [-0.25, -0.2) is 9.97 Å². The molecule has 0 saturated heterocycles. The minimum atomic E-state index is 0.731. The zero-order valence-corrected chi connectivity index (χ0v) is 13.8. The van der Waals surface area contributed by atoms with E-state index >= 15 is 0 Å². The smallest absolute Gasteiger partial charge is 0.173 e. The number of aromatic amines is 1. The van der Waals surface area contributed by atoms with E-state index in [4.69, 9.17) is 0 Å². The molecule has 0 saturated carbocycles. The van der Waals surface area contributed by atoms with Gasteiger partial charge < -0.3 is 0 Å². The van der Waals surface area contributed by atoms with E-state index in [0.29, 0.717) is 0 Å². The average Bonchev–Trinajstić information content (AvgIpc) is 3.16. The van der Waals surface area contributed by atoms with Gasteiger partial charge in [-0.15, -0.1) is 0 Å². The van der Waals surface area contributed by atoms with E-state index in [1.807, 2.05) is 19.3 Å². The molecule has 0 fully saturated rings. The first kappa shape index (κ1) is 14.8. The summed E-state index contributed by atoms with van der Waals surface area (Å²) >= 11 is 1.65. The lowest BCUT2D eigenvalue weighted by Crippen LogP contribution is -1.97. The van der Waals surface area contributed by atoms with Gasteiger partial charge in [0.25, 0.3) is 0 Å². The fourth-order valence-electron chi connectivity index (χ4n) is 2.16. The number of thioether (sulfide) groups is 1. The first-order valence-electron chi connectivity index (χ1n) is 7.31. The molecule has 1 N–H and O–H groups in total. The Kier molecular flexibility index (Phi) is 4.29. The number of H-pyrrole nitrogens is 1. The lowest BCUT2D eigenvalue weighted by molar-refractivity contribution is 0.890. The highest BCUT2D eigenvalue weighted by Crippen LogP contribution is 2.24. The Hall–Kier alpha value is -2.08. The molecular weight excluding hydrogens is 294 g/mol. The van der Waals surface area contributed by atoms with Gasteiger partial charge in [-0.2, -0.15) is 5.10 Å². The second-order valence-electron chi connectivity index (χ2n) is 5.19. The van der Waals surface area contributed by atoms with Crippen LogP contribution in [0.3, 0.4) is 0 Å². The molecule has 114 valence electrons. The van der Waals surface area contributed by atoms with Crippen molar-refractivity contribution in [1.29, 1.82) is 0 Å². The number of imidazole rings is 1. The molecule has 2 heterocycles. The Morgan fingerprint density at radius 1 is 1.23 bits per heavy atom. The fourth-order valence-corrected chi connectivity index (χ4v) is 2.99. The molecule has 2 aromatic heterocycles. The highest BCUT2D eigenvalue weighted by atomic mass is 32.2. The van der Waals surface area contributed by atoms with Crippen molar-refractivity contribution in [1.82, 2.24) is 24.7 Å². The molecule has 3 aromatic rings. The van der Waals surface area contributed by atoms with Gasteiger partial charge in [0, 0.05) is 24.5 Å². The van der Waals surface area contributed by atoms with Crippen molar-refractivity contribution in [2.24, 2.45) is 0 Å². The van der Waals surface area contributed by atoms with Gasteiger partial charge in [-0.3, -0.25) is 9.67 Å². The molecule has 0 bridgehead atoms. The van der Waals surface area contributed by atoms with Gasteiger partial charge in [0.15, 0.2) is 5.16 Å². The van der Waals surface area contributed by atoms with Crippen molar-refractivity contribution in [2.75, 3.05) is 0 Å². The van der Waals surface area contributed by atoms with Crippen LogP contribution in [-0.4, -0.2) is 24.7 Å². The SMILES string of the molecule is CCc1n[nH]c(CSc2nccn2-c2ccc(C)c(C)c2)n1. The lowest BCUT2D eigenvalue weighted by atomic mass is 10.1. The first-order chi connectivity index (χ1) is 10.7. The van der Waals surface area contributed by atoms with Gasteiger partial charge in [0.2, 0.25) is 0 Å². The summed E-state index contributed by atoms with van der Waals surface area (Å²) in [6, 6.07) is 6.45. The molecule has 0 aliphatic rings. The molecule has 0 spiro atoms. The van der Waals surface area contributed by atoms with Crippen molar-refractivity contribution < 1.29 is 0 Å². The maximum absolute atomic E-state index is 4.45. The molecule has 3 rings (SSSR count). The summed E-state index contributed by atoms with van der Waals surface area (Å²) in [4.78, 5) is 8.88. The Labute approximate surface area is 134 Å². The molecule has 0 amide bonds. The van der Waals surface area contributed by atoms with Gasteiger partial charge in [-0.05, 0) is 37.1 Å². The van der Waals surface area contributed by atoms with Crippen molar-refractivity contribution in [3.05, 3.63) is 53.4 Å². The monoisotopic (exact) mass is 313 g/mol. The van der Waals surface area contributed by atoms with E-state index in [9.17, 15) is 0 Å².